The van der Waals surface area contributed by atoms with Crippen LogP contribution in [-0.4, -0.2) is 26.6 Å². The van der Waals surface area contributed by atoms with E-state index in [-0.39, 0.29) is 18.4 Å². The van der Waals surface area contributed by atoms with Gasteiger partial charge in [0, 0.05) is 12.5 Å². The predicted octanol–water partition coefficient (Wildman–Crippen LogP) is 1.72. The van der Waals surface area contributed by atoms with Crippen LogP contribution < -0.4 is 10.0 Å². The molecule has 0 radical (unpaired) electrons. The second-order valence-electron chi connectivity index (χ2n) is 5.08. The molecule has 1 aromatic rings. The van der Waals surface area contributed by atoms with Crippen molar-refractivity contribution < 1.29 is 17.6 Å². The standard InChI is InChI=1S/C14H21FN2O3S/c1-4-10(2)16-14(18)9-13(17-21(3,19)20)11-5-7-12(15)8-6-11/h5-8,10,13,17H,4,9H2,1-3H3,(H,16,18)/t10-,13-/m0/s1. The van der Waals surface area contributed by atoms with E-state index < -0.39 is 21.9 Å². The Morgan fingerprint density at radius 2 is 1.86 bits per heavy atom. The molecule has 0 fully saturated rings. The van der Waals surface area contributed by atoms with Gasteiger partial charge in [-0.1, -0.05) is 19.1 Å². The van der Waals surface area contributed by atoms with E-state index in [1.54, 1.807) is 0 Å². The first-order chi connectivity index (χ1) is 9.71. The Balaban J connectivity index is 2.87. The van der Waals surface area contributed by atoms with Gasteiger partial charge in [0.25, 0.3) is 0 Å². The molecule has 0 aliphatic carbocycles. The number of benzene rings is 1. The number of hydrogen-bond acceptors (Lipinski definition) is 3. The van der Waals surface area contributed by atoms with Crippen molar-refractivity contribution in [1.82, 2.24) is 10.0 Å². The van der Waals surface area contributed by atoms with Crippen LogP contribution in [0.3, 0.4) is 0 Å². The Morgan fingerprint density at radius 1 is 1.29 bits per heavy atom. The van der Waals surface area contributed by atoms with Gasteiger partial charge in [0.05, 0.1) is 12.3 Å². The molecule has 2 N–H and O–H groups in total. The number of halogens is 1. The molecule has 5 nitrogen and oxygen atoms in total. The zero-order chi connectivity index (χ0) is 16.0. The fraction of sp³-hybridized carbons (Fsp3) is 0.500. The Labute approximate surface area is 125 Å². The van der Waals surface area contributed by atoms with Gasteiger partial charge in [-0.3, -0.25) is 4.79 Å². The smallest absolute Gasteiger partial charge is 0.222 e. The first-order valence-electron chi connectivity index (χ1n) is 6.73. The van der Waals surface area contributed by atoms with E-state index >= 15 is 0 Å². The lowest BCUT2D eigenvalue weighted by Gasteiger charge is -2.19. The average molecular weight is 316 g/mol. The van der Waals surface area contributed by atoms with Crippen LogP contribution in [0.25, 0.3) is 0 Å². The zero-order valence-corrected chi connectivity index (χ0v) is 13.2. The van der Waals surface area contributed by atoms with Gasteiger partial charge >= 0.3 is 0 Å². The summed E-state index contributed by atoms with van der Waals surface area (Å²) >= 11 is 0. The van der Waals surface area contributed by atoms with Crippen molar-refractivity contribution in [3.8, 4) is 0 Å². The van der Waals surface area contributed by atoms with E-state index in [9.17, 15) is 17.6 Å². The molecule has 0 unspecified atom stereocenters. The van der Waals surface area contributed by atoms with Crippen molar-refractivity contribution in [2.45, 2.75) is 38.8 Å². The molecule has 2 atom stereocenters. The summed E-state index contributed by atoms with van der Waals surface area (Å²) in [6.07, 6.45) is 1.77. The Morgan fingerprint density at radius 3 is 2.33 bits per heavy atom. The molecule has 0 saturated heterocycles. The molecule has 118 valence electrons. The highest BCUT2D eigenvalue weighted by molar-refractivity contribution is 7.88. The number of carbonyl (C=O) groups excluding carboxylic acids is 1. The van der Waals surface area contributed by atoms with Crippen LogP contribution >= 0.6 is 0 Å². The molecule has 21 heavy (non-hydrogen) atoms. The van der Waals surface area contributed by atoms with Crippen LogP contribution in [0, 0.1) is 5.82 Å². The Hall–Kier alpha value is -1.47. The monoisotopic (exact) mass is 316 g/mol. The van der Waals surface area contributed by atoms with E-state index in [1.165, 1.54) is 24.3 Å². The predicted molar refractivity (Wildman–Crippen MR) is 79.6 cm³/mol. The van der Waals surface area contributed by atoms with E-state index in [4.69, 9.17) is 0 Å². The number of hydrogen-bond donors (Lipinski definition) is 2. The topological polar surface area (TPSA) is 75.3 Å². The maximum absolute atomic E-state index is 13.0. The SMILES string of the molecule is CC[C@H](C)NC(=O)C[C@H](NS(C)(=O)=O)c1ccc(F)cc1. The van der Waals surface area contributed by atoms with Crippen LogP contribution in [0.5, 0.6) is 0 Å². The fourth-order valence-electron chi connectivity index (χ4n) is 1.80. The van der Waals surface area contributed by atoms with Crippen molar-refractivity contribution >= 4 is 15.9 Å². The minimum absolute atomic E-state index is 0.0181. The van der Waals surface area contributed by atoms with Gasteiger partial charge in [0.15, 0.2) is 0 Å². The van der Waals surface area contributed by atoms with Crippen molar-refractivity contribution in [1.29, 1.82) is 0 Å². The molecule has 0 spiro atoms. The quantitative estimate of drug-likeness (QED) is 0.804. The first-order valence-corrected chi connectivity index (χ1v) is 8.62. The van der Waals surface area contributed by atoms with Gasteiger partial charge in [-0.25, -0.2) is 17.5 Å². The third-order valence-corrected chi connectivity index (χ3v) is 3.75. The van der Waals surface area contributed by atoms with Gasteiger partial charge in [0.2, 0.25) is 15.9 Å². The van der Waals surface area contributed by atoms with Gasteiger partial charge < -0.3 is 5.32 Å². The highest BCUT2D eigenvalue weighted by atomic mass is 32.2. The minimum atomic E-state index is -3.49. The molecule has 0 heterocycles. The summed E-state index contributed by atoms with van der Waals surface area (Å²) in [6, 6.07) is 4.70. The lowest BCUT2D eigenvalue weighted by atomic mass is 10.0. The van der Waals surface area contributed by atoms with Crippen molar-refractivity contribution in [2.24, 2.45) is 0 Å². The summed E-state index contributed by atoms with van der Waals surface area (Å²) in [5.41, 5.74) is 0.543. The number of sulfonamides is 1. The zero-order valence-electron chi connectivity index (χ0n) is 12.4. The second kappa shape index (κ2) is 7.51. The molecular weight excluding hydrogens is 295 g/mol. The molecular formula is C14H21FN2O3S. The number of amides is 1. The summed E-state index contributed by atoms with van der Waals surface area (Å²) in [7, 11) is -3.49. The molecule has 1 aromatic carbocycles. The van der Waals surface area contributed by atoms with Crippen LogP contribution in [-0.2, 0) is 14.8 Å². The molecule has 0 aliphatic heterocycles. The molecule has 1 amide bonds. The van der Waals surface area contributed by atoms with Gasteiger partial charge in [-0.15, -0.1) is 0 Å². The third-order valence-electron chi connectivity index (χ3n) is 3.04. The lowest BCUT2D eigenvalue weighted by molar-refractivity contribution is -0.122. The number of carbonyl (C=O) groups is 1. The van der Waals surface area contributed by atoms with E-state index in [1.807, 2.05) is 13.8 Å². The highest BCUT2D eigenvalue weighted by Gasteiger charge is 2.20. The average Bonchev–Trinajstić information content (AvgIpc) is 2.37. The molecule has 0 aromatic heterocycles. The first kappa shape index (κ1) is 17.6. The fourth-order valence-corrected chi connectivity index (χ4v) is 2.54. The molecule has 0 saturated carbocycles. The minimum Gasteiger partial charge on any atom is -0.354 e. The maximum Gasteiger partial charge on any atom is 0.222 e. The number of nitrogens with one attached hydrogen (secondary N) is 2. The molecule has 7 heteroatoms. The molecule has 1 rings (SSSR count). The highest BCUT2D eigenvalue weighted by Crippen LogP contribution is 2.18. The van der Waals surface area contributed by atoms with Crippen molar-refractivity contribution in [2.75, 3.05) is 6.26 Å². The summed E-state index contributed by atoms with van der Waals surface area (Å²) < 4.78 is 38.2. The van der Waals surface area contributed by atoms with Crippen LogP contribution in [0.15, 0.2) is 24.3 Å². The normalized spacial score (nSPS) is 14.5. The van der Waals surface area contributed by atoms with Crippen molar-refractivity contribution in [3.63, 3.8) is 0 Å². The van der Waals surface area contributed by atoms with E-state index in [0.717, 1.165) is 12.7 Å². The largest absolute Gasteiger partial charge is 0.354 e. The Bertz CT molecular complexity index is 572. The second-order valence-corrected chi connectivity index (χ2v) is 6.86. The van der Waals surface area contributed by atoms with Gasteiger partial charge in [-0.2, -0.15) is 0 Å². The molecule has 0 bridgehead atoms. The van der Waals surface area contributed by atoms with Gasteiger partial charge in [-0.05, 0) is 31.0 Å². The van der Waals surface area contributed by atoms with E-state index in [0.29, 0.717) is 5.56 Å². The van der Waals surface area contributed by atoms with Gasteiger partial charge in [0.1, 0.15) is 5.82 Å². The maximum atomic E-state index is 13.0. The summed E-state index contributed by atoms with van der Waals surface area (Å²) in [6.45, 7) is 3.81. The summed E-state index contributed by atoms with van der Waals surface area (Å²) in [4.78, 5) is 11.9. The van der Waals surface area contributed by atoms with E-state index in [2.05, 4.69) is 10.0 Å². The lowest BCUT2D eigenvalue weighted by Crippen LogP contribution is -2.36. The summed E-state index contributed by atoms with van der Waals surface area (Å²) in [5, 5.41) is 2.78. The van der Waals surface area contributed by atoms with Crippen LogP contribution in [0.2, 0.25) is 0 Å². The third kappa shape index (κ3) is 6.68. The Kier molecular flexibility index (Phi) is 6.29. The van der Waals surface area contributed by atoms with Crippen LogP contribution in [0.1, 0.15) is 38.3 Å². The van der Waals surface area contributed by atoms with Crippen molar-refractivity contribution in [3.05, 3.63) is 35.6 Å². The molecule has 0 aliphatic rings. The summed E-state index contributed by atoms with van der Waals surface area (Å²) in [5.74, 6) is -0.671. The number of rotatable bonds is 7. The van der Waals surface area contributed by atoms with Crippen LogP contribution in [0.4, 0.5) is 4.39 Å².